The zero-order valence-corrected chi connectivity index (χ0v) is 9.51. The zero-order chi connectivity index (χ0) is 9.54. The second kappa shape index (κ2) is 3.69. The molecule has 2 heterocycles. The van der Waals surface area contributed by atoms with Crippen molar-refractivity contribution < 1.29 is 0 Å². The maximum atomic E-state index is 6.24. The fourth-order valence-corrected chi connectivity index (χ4v) is 4.84. The van der Waals surface area contributed by atoms with Crippen LogP contribution in [0.3, 0.4) is 0 Å². The largest absolute Gasteiger partial charge is 0.326 e. The molecule has 3 heteroatoms. The highest BCUT2D eigenvalue weighted by Crippen LogP contribution is 2.40. The van der Waals surface area contributed by atoms with Crippen LogP contribution in [0.5, 0.6) is 0 Å². The summed E-state index contributed by atoms with van der Waals surface area (Å²) < 4.78 is 0. The molecule has 2 aliphatic heterocycles. The molecule has 4 unspecified atom stereocenters. The molecule has 4 atom stereocenters. The predicted molar refractivity (Wildman–Crippen MR) is 61.6 cm³/mol. The fourth-order valence-electron chi connectivity index (χ4n) is 3.39. The van der Waals surface area contributed by atoms with Gasteiger partial charge in [-0.15, -0.1) is 0 Å². The lowest BCUT2D eigenvalue weighted by atomic mass is 9.89. The molecule has 0 spiro atoms. The van der Waals surface area contributed by atoms with E-state index < -0.39 is 0 Å². The van der Waals surface area contributed by atoms with Gasteiger partial charge in [0.25, 0.3) is 0 Å². The molecule has 3 rings (SSSR count). The minimum Gasteiger partial charge on any atom is -0.326 e. The van der Waals surface area contributed by atoms with Gasteiger partial charge in [0.15, 0.2) is 0 Å². The number of nitrogens with two attached hydrogens (primary N) is 1. The maximum Gasteiger partial charge on any atom is 0.0250 e. The Morgan fingerprint density at radius 3 is 2.71 bits per heavy atom. The van der Waals surface area contributed by atoms with Crippen molar-refractivity contribution in [3.63, 3.8) is 0 Å². The first-order valence-corrected chi connectivity index (χ1v) is 7.02. The Bertz CT molecular complexity index is 221. The van der Waals surface area contributed by atoms with Gasteiger partial charge in [-0.05, 0) is 19.3 Å². The molecule has 2 N–H and O–H groups in total. The van der Waals surface area contributed by atoms with Gasteiger partial charge in [-0.25, -0.2) is 0 Å². The van der Waals surface area contributed by atoms with Gasteiger partial charge in [-0.3, -0.25) is 4.90 Å². The van der Waals surface area contributed by atoms with Gasteiger partial charge < -0.3 is 5.73 Å². The summed E-state index contributed by atoms with van der Waals surface area (Å²) in [5, 5.41) is 0.939. The van der Waals surface area contributed by atoms with Gasteiger partial charge in [0, 0.05) is 35.7 Å². The van der Waals surface area contributed by atoms with Crippen molar-refractivity contribution in [1.82, 2.24) is 4.90 Å². The summed E-state index contributed by atoms with van der Waals surface area (Å²) in [7, 11) is 0. The van der Waals surface area contributed by atoms with Gasteiger partial charge in [0.2, 0.25) is 0 Å². The Kier molecular flexibility index (Phi) is 2.50. The lowest BCUT2D eigenvalue weighted by Crippen LogP contribution is -2.52. The Hall–Kier alpha value is 0.270. The summed E-state index contributed by atoms with van der Waals surface area (Å²) in [5.74, 6) is 1.37. The van der Waals surface area contributed by atoms with Crippen LogP contribution < -0.4 is 5.73 Å². The summed E-state index contributed by atoms with van der Waals surface area (Å²) in [4.78, 5) is 2.74. The lowest BCUT2D eigenvalue weighted by molar-refractivity contribution is 0.132. The topological polar surface area (TPSA) is 29.3 Å². The number of likely N-dealkylation sites (tertiary alicyclic amines) is 1. The molecule has 1 aliphatic carbocycles. The first-order valence-electron chi connectivity index (χ1n) is 5.97. The number of thioether (sulfide) groups is 1. The molecule has 0 aromatic rings. The third-order valence-electron chi connectivity index (χ3n) is 4.15. The smallest absolute Gasteiger partial charge is 0.0250 e. The molecule has 0 amide bonds. The second-order valence-electron chi connectivity index (χ2n) is 5.06. The van der Waals surface area contributed by atoms with Gasteiger partial charge in [-0.2, -0.15) is 11.8 Å². The molecule has 0 radical (unpaired) electrons. The van der Waals surface area contributed by atoms with Crippen molar-refractivity contribution in [2.24, 2.45) is 5.73 Å². The van der Waals surface area contributed by atoms with Crippen LogP contribution >= 0.6 is 11.8 Å². The SMILES string of the molecule is NC1CCCCC1N1CC2CC1CS2. The standard InChI is InChI=1S/C11H20N2S/c12-10-3-1-2-4-11(10)13-6-9-5-8(13)7-14-9/h8-11H,1-7,12H2. The van der Waals surface area contributed by atoms with E-state index in [1.54, 1.807) is 0 Å². The number of hydrogen-bond acceptors (Lipinski definition) is 3. The van der Waals surface area contributed by atoms with Crippen molar-refractivity contribution in [2.75, 3.05) is 12.3 Å². The monoisotopic (exact) mass is 212 g/mol. The number of rotatable bonds is 1. The van der Waals surface area contributed by atoms with Gasteiger partial charge >= 0.3 is 0 Å². The third-order valence-corrected chi connectivity index (χ3v) is 5.54. The highest BCUT2D eigenvalue weighted by Gasteiger charge is 2.43. The van der Waals surface area contributed by atoms with Crippen molar-refractivity contribution >= 4 is 11.8 Å². The summed E-state index contributed by atoms with van der Waals surface area (Å²) in [6, 6.07) is 2.06. The van der Waals surface area contributed by atoms with Crippen LogP contribution in [0, 0.1) is 0 Å². The van der Waals surface area contributed by atoms with Crippen LogP contribution in [-0.2, 0) is 0 Å². The molecule has 0 aromatic heterocycles. The second-order valence-corrected chi connectivity index (χ2v) is 6.39. The summed E-state index contributed by atoms with van der Waals surface area (Å²) >= 11 is 2.18. The van der Waals surface area contributed by atoms with Crippen LogP contribution in [-0.4, -0.2) is 40.6 Å². The average Bonchev–Trinajstić information content (AvgIpc) is 2.79. The molecule has 14 heavy (non-hydrogen) atoms. The van der Waals surface area contributed by atoms with Crippen LogP contribution in [0.25, 0.3) is 0 Å². The molecule has 2 saturated heterocycles. The van der Waals surface area contributed by atoms with Gasteiger partial charge in [0.1, 0.15) is 0 Å². The lowest BCUT2D eigenvalue weighted by Gasteiger charge is -2.40. The molecule has 80 valence electrons. The van der Waals surface area contributed by atoms with E-state index in [1.165, 1.54) is 44.4 Å². The summed E-state index contributed by atoms with van der Waals surface area (Å²) in [6.45, 7) is 1.33. The quantitative estimate of drug-likeness (QED) is 0.713. The molecule has 2 bridgehead atoms. The molecular formula is C11H20N2S. The highest BCUT2D eigenvalue weighted by molar-refractivity contribution is 8.00. The van der Waals surface area contributed by atoms with E-state index in [0.717, 1.165) is 17.3 Å². The van der Waals surface area contributed by atoms with Gasteiger partial charge in [-0.1, -0.05) is 12.8 Å². The maximum absolute atomic E-state index is 6.24. The first kappa shape index (κ1) is 9.49. The van der Waals surface area contributed by atoms with Crippen LogP contribution in [0.4, 0.5) is 0 Å². The average molecular weight is 212 g/mol. The van der Waals surface area contributed by atoms with E-state index in [1.807, 2.05) is 0 Å². The minimum absolute atomic E-state index is 0.466. The summed E-state index contributed by atoms with van der Waals surface area (Å²) in [6.07, 6.45) is 6.81. The molecule has 3 fully saturated rings. The minimum atomic E-state index is 0.466. The number of hydrogen-bond donors (Lipinski definition) is 1. The Labute approximate surface area is 90.6 Å². The van der Waals surface area contributed by atoms with E-state index in [2.05, 4.69) is 16.7 Å². The van der Waals surface area contributed by atoms with E-state index >= 15 is 0 Å². The van der Waals surface area contributed by atoms with Crippen molar-refractivity contribution in [3.8, 4) is 0 Å². The Morgan fingerprint density at radius 2 is 2.07 bits per heavy atom. The van der Waals surface area contributed by atoms with Crippen molar-refractivity contribution in [3.05, 3.63) is 0 Å². The first-order chi connectivity index (χ1) is 6.84. The normalized spacial score (nSPS) is 48.6. The van der Waals surface area contributed by atoms with Gasteiger partial charge in [0.05, 0.1) is 0 Å². The fraction of sp³-hybridized carbons (Fsp3) is 1.00. The van der Waals surface area contributed by atoms with Crippen molar-refractivity contribution in [2.45, 2.75) is 55.5 Å². The highest BCUT2D eigenvalue weighted by atomic mass is 32.2. The third kappa shape index (κ3) is 1.50. The number of fused-ring (bicyclic) bond motifs is 2. The van der Waals surface area contributed by atoms with E-state index in [-0.39, 0.29) is 0 Å². The van der Waals surface area contributed by atoms with Crippen LogP contribution in [0.15, 0.2) is 0 Å². The summed E-state index contributed by atoms with van der Waals surface area (Å²) in [5.41, 5.74) is 6.24. The van der Waals surface area contributed by atoms with E-state index in [9.17, 15) is 0 Å². The van der Waals surface area contributed by atoms with Crippen LogP contribution in [0.1, 0.15) is 32.1 Å². The van der Waals surface area contributed by atoms with Crippen LogP contribution in [0.2, 0.25) is 0 Å². The molecule has 1 saturated carbocycles. The zero-order valence-electron chi connectivity index (χ0n) is 8.69. The predicted octanol–water partition coefficient (Wildman–Crippen LogP) is 1.45. The molecule has 0 aromatic carbocycles. The Balaban J connectivity index is 1.69. The molecule has 2 nitrogen and oxygen atoms in total. The number of nitrogens with zero attached hydrogens (tertiary/aromatic N) is 1. The van der Waals surface area contributed by atoms with Crippen molar-refractivity contribution in [1.29, 1.82) is 0 Å². The molecular weight excluding hydrogens is 192 g/mol. The Morgan fingerprint density at radius 1 is 1.21 bits per heavy atom. The van der Waals surface area contributed by atoms with E-state index in [4.69, 9.17) is 5.73 Å². The molecule has 3 aliphatic rings. The van der Waals surface area contributed by atoms with E-state index in [0.29, 0.717) is 6.04 Å².